The highest BCUT2D eigenvalue weighted by molar-refractivity contribution is 9.10. The van der Waals surface area contributed by atoms with Crippen molar-refractivity contribution in [1.29, 1.82) is 0 Å². The van der Waals surface area contributed by atoms with E-state index in [4.69, 9.17) is 10.5 Å². The molecule has 0 atom stereocenters. The van der Waals surface area contributed by atoms with Gasteiger partial charge >= 0.3 is 5.97 Å². The lowest BCUT2D eigenvalue weighted by atomic mass is 10.1. The van der Waals surface area contributed by atoms with Gasteiger partial charge in [-0.2, -0.15) is 0 Å². The number of halogens is 1. The van der Waals surface area contributed by atoms with Gasteiger partial charge in [0.05, 0.1) is 17.9 Å². The van der Waals surface area contributed by atoms with Crippen LogP contribution < -0.4 is 11.1 Å². The number of nitrogen functional groups attached to an aromatic ring is 1. The summed E-state index contributed by atoms with van der Waals surface area (Å²) in [5.74, 6) is -0.388. The fourth-order valence-corrected chi connectivity index (χ4v) is 2.17. The van der Waals surface area contributed by atoms with Gasteiger partial charge in [0, 0.05) is 15.8 Å². The molecule has 0 saturated carbocycles. The Morgan fingerprint density at radius 1 is 1.29 bits per heavy atom. The van der Waals surface area contributed by atoms with Gasteiger partial charge < -0.3 is 15.8 Å². The number of hydrogen-bond donors (Lipinski definition) is 2. The van der Waals surface area contributed by atoms with E-state index in [0.717, 1.165) is 15.7 Å². The zero-order chi connectivity index (χ0) is 15.4. The van der Waals surface area contributed by atoms with Crippen LogP contribution in [0, 0.1) is 6.92 Å². The van der Waals surface area contributed by atoms with Gasteiger partial charge in [-0.3, -0.25) is 0 Å². The number of carbonyl (C=O) groups is 1. The standard InChI is InChI=1S/C16H17BrN2O2/c1-3-21-16(20)13-9-11(18)4-7-15(13)19-12-5-6-14(17)10(2)8-12/h4-9,19H,3,18H2,1-2H3. The lowest BCUT2D eigenvalue weighted by Gasteiger charge is -2.13. The van der Waals surface area contributed by atoms with E-state index in [2.05, 4.69) is 21.2 Å². The average Bonchev–Trinajstić information content (AvgIpc) is 2.45. The van der Waals surface area contributed by atoms with Crippen LogP contribution in [-0.2, 0) is 4.74 Å². The van der Waals surface area contributed by atoms with E-state index in [1.54, 1.807) is 25.1 Å². The minimum Gasteiger partial charge on any atom is -0.462 e. The molecule has 0 saturated heterocycles. The van der Waals surface area contributed by atoms with E-state index in [-0.39, 0.29) is 5.97 Å². The molecule has 2 aromatic rings. The summed E-state index contributed by atoms with van der Waals surface area (Å²) < 4.78 is 6.10. The van der Waals surface area contributed by atoms with Crippen LogP contribution in [-0.4, -0.2) is 12.6 Å². The Bertz CT molecular complexity index is 671. The molecule has 0 fully saturated rings. The molecular formula is C16H17BrN2O2. The van der Waals surface area contributed by atoms with Crippen LogP contribution in [0.5, 0.6) is 0 Å². The number of hydrogen-bond acceptors (Lipinski definition) is 4. The summed E-state index contributed by atoms with van der Waals surface area (Å²) in [7, 11) is 0. The van der Waals surface area contributed by atoms with Gasteiger partial charge in [-0.05, 0) is 55.8 Å². The summed E-state index contributed by atoms with van der Waals surface area (Å²) in [5.41, 5.74) is 9.38. The second kappa shape index (κ2) is 6.63. The molecule has 0 amide bonds. The highest BCUT2D eigenvalue weighted by Gasteiger charge is 2.13. The number of esters is 1. The fourth-order valence-electron chi connectivity index (χ4n) is 1.93. The maximum Gasteiger partial charge on any atom is 0.340 e. The van der Waals surface area contributed by atoms with Crippen LogP contribution in [0.4, 0.5) is 17.1 Å². The molecule has 0 aliphatic heterocycles. The molecule has 0 aliphatic rings. The Morgan fingerprint density at radius 2 is 2.05 bits per heavy atom. The molecule has 0 bridgehead atoms. The maximum atomic E-state index is 12.0. The van der Waals surface area contributed by atoms with Crippen molar-refractivity contribution in [3.8, 4) is 0 Å². The Labute approximate surface area is 132 Å². The largest absolute Gasteiger partial charge is 0.462 e. The van der Waals surface area contributed by atoms with Crippen molar-refractivity contribution in [3.63, 3.8) is 0 Å². The molecular weight excluding hydrogens is 332 g/mol. The Morgan fingerprint density at radius 3 is 2.71 bits per heavy atom. The highest BCUT2D eigenvalue weighted by Crippen LogP contribution is 2.26. The minimum absolute atomic E-state index is 0.324. The molecule has 110 valence electrons. The van der Waals surface area contributed by atoms with Crippen molar-refractivity contribution in [1.82, 2.24) is 0 Å². The summed E-state index contributed by atoms with van der Waals surface area (Å²) in [5, 5.41) is 3.23. The number of benzene rings is 2. The third-order valence-electron chi connectivity index (χ3n) is 2.98. The van der Waals surface area contributed by atoms with Crippen LogP contribution in [0.15, 0.2) is 40.9 Å². The lowest BCUT2D eigenvalue weighted by Crippen LogP contribution is -2.08. The first-order valence-corrected chi connectivity index (χ1v) is 7.40. The first kappa shape index (κ1) is 15.4. The zero-order valence-electron chi connectivity index (χ0n) is 11.9. The van der Waals surface area contributed by atoms with Crippen LogP contribution in [0.2, 0.25) is 0 Å². The van der Waals surface area contributed by atoms with Crippen molar-refractivity contribution >= 4 is 39.0 Å². The van der Waals surface area contributed by atoms with E-state index in [1.807, 2.05) is 25.1 Å². The zero-order valence-corrected chi connectivity index (χ0v) is 13.5. The first-order valence-electron chi connectivity index (χ1n) is 6.61. The SMILES string of the molecule is CCOC(=O)c1cc(N)ccc1Nc1ccc(Br)c(C)c1. The van der Waals surface area contributed by atoms with Gasteiger partial charge in [-0.1, -0.05) is 15.9 Å². The van der Waals surface area contributed by atoms with E-state index in [0.29, 0.717) is 23.5 Å². The molecule has 0 unspecified atom stereocenters. The molecule has 5 heteroatoms. The van der Waals surface area contributed by atoms with Crippen LogP contribution in [0.25, 0.3) is 0 Å². The van der Waals surface area contributed by atoms with Gasteiger partial charge in [0.25, 0.3) is 0 Å². The summed E-state index contributed by atoms with van der Waals surface area (Å²) in [6, 6.07) is 11.0. The normalized spacial score (nSPS) is 10.2. The van der Waals surface area contributed by atoms with Gasteiger partial charge in [0.15, 0.2) is 0 Å². The highest BCUT2D eigenvalue weighted by atomic mass is 79.9. The summed E-state index contributed by atoms with van der Waals surface area (Å²) in [4.78, 5) is 12.0. The molecule has 0 aliphatic carbocycles. The predicted molar refractivity (Wildman–Crippen MR) is 89.0 cm³/mol. The molecule has 0 spiro atoms. The second-order valence-corrected chi connectivity index (χ2v) is 5.47. The Kier molecular flexibility index (Phi) is 4.85. The number of rotatable bonds is 4. The molecule has 2 rings (SSSR count). The molecule has 21 heavy (non-hydrogen) atoms. The second-order valence-electron chi connectivity index (χ2n) is 4.61. The van der Waals surface area contributed by atoms with Crippen LogP contribution in [0.1, 0.15) is 22.8 Å². The Balaban J connectivity index is 2.34. The number of ether oxygens (including phenoxy) is 1. The van der Waals surface area contributed by atoms with Gasteiger partial charge in [-0.25, -0.2) is 4.79 Å². The molecule has 0 aromatic heterocycles. The molecule has 2 aromatic carbocycles. The number of carbonyl (C=O) groups excluding carboxylic acids is 1. The number of aryl methyl sites for hydroxylation is 1. The van der Waals surface area contributed by atoms with Crippen LogP contribution in [0.3, 0.4) is 0 Å². The summed E-state index contributed by atoms with van der Waals surface area (Å²) >= 11 is 3.46. The smallest absolute Gasteiger partial charge is 0.340 e. The van der Waals surface area contributed by atoms with E-state index < -0.39 is 0 Å². The average molecular weight is 349 g/mol. The number of nitrogens with one attached hydrogen (secondary N) is 1. The van der Waals surface area contributed by atoms with Gasteiger partial charge in [0.1, 0.15) is 0 Å². The summed E-state index contributed by atoms with van der Waals surface area (Å²) in [6.45, 7) is 4.10. The van der Waals surface area contributed by atoms with Crippen molar-refractivity contribution in [2.24, 2.45) is 0 Å². The van der Waals surface area contributed by atoms with E-state index in [9.17, 15) is 4.79 Å². The van der Waals surface area contributed by atoms with Crippen LogP contribution >= 0.6 is 15.9 Å². The third-order valence-corrected chi connectivity index (χ3v) is 3.87. The molecule has 4 nitrogen and oxygen atoms in total. The molecule has 0 heterocycles. The third kappa shape index (κ3) is 3.76. The van der Waals surface area contributed by atoms with Crippen molar-refractivity contribution in [3.05, 3.63) is 52.0 Å². The number of anilines is 3. The quantitative estimate of drug-likeness (QED) is 0.639. The van der Waals surface area contributed by atoms with Crippen molar-refractivity contribution in [2.75, 3.05) is 17.7 Å². The number of nitrogens with two attached hydrogens (primary N) is 1. The fraction of sp³-hybridized carbons (Fsp3) is 0.188. The maximum absolute atomic E-state index is 12.0. The Hall–Kier alpha value is -2.01. The topological polar surface area (TPSA) is 64.3 Å². The molecule has 3 N–H and O–H groups in total. The van der Waals surface area contributed by atoms with Gasteiger partial charge in [0.2, 0.25) is 0 Å². The van der Waals surface area contributed by atoms with Crippen molar-refractivity contribution < 1.29 is 9.53 Å². The van der Waals surface area contributed by atoms with Crippen molar-refractivity contribution in [2.45, 2.75) is 13.8 Å². The van der Waals surface area contributed by atoms with Gasteiger partial charge in [-0.15, -0.1) is 0 Å². The molecule has 0 radical (unpaired) electrons. The van der Waals surface area contributed by atoms with E-state index >= 15 is 0 Å². The summed E-state index contributed by atoms with van der Waals surface area (Å²) in [6.07, 6.45) is 0. The minimum atomic E-state index is -0.388. The first-order chi connectivity index (χ1) is 10.0. The van der Waals surface area contributed by atoms with E-state index in [1.165, 1.54) is 0 Å². The lowest BCUT2D eigenvalue weighted by molar-refractivity contribution is 0.0527. The predicted octanol–water partition coefficient (Wildman–Crippen LogP) is 4.26. The monoisotopic (exact) mass is 348 g/mol.